The molecule has 5 heteroatoms. The van der Waals surface area contributed by atoms with Gasteiger partial charge in [0.2, 0.25) is 0 Å². The number of methoxy groups -OCH3 is 1. The van der Waals surface area contributed by atoms with Gasteiger partial charge in [0.25, 0.3) is 0 Å². The van der Waals surface area contributed by atoms with E-state index in [1.54, 1.807) is 19.2 Å². The number of carboxylic acid groups (broad SMARTS) is 1. The van der Waals surface area contributed by atoms with E-state index in [4.69, 9.17) is 9.84 Å². The Morgan fingerprint density at radius 3 is 2.57 bits per heavy atom. The van der Waals surface area contributed by atoms with E-state index in [1.165, 1.54) is 0 Å². The first-order valence-corrected chi connectivity index (χ1v) is 7.47. The highest BCUT2D eigenvalue weighted by molar-refractivity contribution is 5.92. The van der Waals surface area contributed by atoms with Crippen LogP contribution in [0, 0.1) is 0 Å². The maximum Gasteiger partial charge on any atom is 0.335 e. The fourth-order valence-electron chi connectivity index (χ4n) is 2.67. The zero-order chi connectivity index (χ0) is 16.4. The normalized spacial score (nSPS) is 10.9. The van der Waals surface area contributed by atoms with E-state index in [-0.39, 0.29) is 5.56 Å². The van der Waals surface area contributed by atoms with Crippen molar-refractivity contribution < 1.29 is 14.6 Å². The largest absolute Gasteiger partial charge is 0.497 e. The topological polar surface area (TPSA) is 64.3 Å². The van der Waals surface area contributed by atoms with E-state index in [0.29, 0.717) is 6.54 Å². The maximum absolute atomic E-state index is 11.1. The van der Waals surface area contributed by atoms with Crippen molar-refractivity contribution in [2.24, 2.45) is 0 Å². The molecule has 0 saturated carbocycles. The third kappa shape index (κ3) is 2.90. The lowest BCUT2D eigenvalue weighted by atomic mass is 10.2. The molecule has 0 aliphatic heterocycles. The molecule has 1 heterocycles. The Morgan fingerprint density at radius 2 is 1.96 bits per heavy atom. The predicted octanol–water partition coefficient (Wildman–Crippen LogP) is 3.35. The number of benzene rings is 2. The molecule has 0 bridgehead atoms. The molecule has 0 saturated heterocycles. The van der Waals surface area contributed by atoms with Gasteiger partial charge < -0.3 is 14.4 Å². The summed E-state index contributed by atoms with van der Waals surface area (Å²) in [6.45, 7) is 2.74. The third-order valence-electron chi connectivity index (χ3n) is 3.89. The number of hydrogen-bond acceptors (Lipinski definition) is 3. The van der Waals surface area contributed by atoms with Crippen molar-refractivity contribution in [1.82, 2.24) is 9.55 Å². The highest BCUT2D eigenvalue weighted by Crippen LogP contribution is 2.21. The quantitative estimate of drug-likeness (QED) is 0.785. The van der Waals surface area contributed by atoms with Gasteiger partial charge in [-0.05, 0) is 35.9 Å². The molecule has 5 nitrogen and oxygen atoms in total. The van der Waals surface area contributed by atoms with Crippen molar-refractivity contribution in [3.05, 3.63) is 59.4 Å². The minimum atomic E-state index is -0.936. The molecule has 0 aliphatic carbocycles. The number of aromatic carboxylic acids is 1. The SMILES string of the molecule is CCc1nc2cc(C(=O)O)ccc2n1Cc1ccc(OC)cc1. The number of nitrogens with zero attached hydrogens (tertiary/aromatic N) is 2. The van der Waals surface area contributed by atoms with Crippen LogP contribution in [0.5, 0.6) is 5.75 Å². The summed E-state index contributed by atoms with van der Waals surface area (Å²) < 4.78 is 7.31. The monoisotopic (exact) mass is 310 g/mol. The fourth-order valence-corrected chi connectivity index (χ4v) is 2.67. The third-order valence-corrected chi connectivity index (χ3v) is 3.89. The van der Waals surface area contributed by atoms with E-state index < -0.39 is 5.97 Å². The van der Waals surface area contributed by atoms with Crippen LogP contribution in [0.4, 0.5) is 0 Å². The molecule has 23 heavy (non-hydrogen) atoms. The molecule has 0 spiro atoms. The van der Waals surface area contributed by atoms with Gasteiger partial charge in [-0.3, -0.25) is 0 Å². The van der Waals surface area contributed by atoms with Crippen LogP contribution in [0.15, 0.2) is 42.5 Å². The van der Waals surface area contributed by atoms with Crippen molar-refractivity contribution in [1.29, 1.82) is 0 Å². The Labute approximate surface area is 134 Å². The van der Waals surface area contributed by atoms with Crippen LogP contribution in [-0.4, -0.2) is 27.7 Å². The average molecular weight is 310 g/mol. The predicted molar refractivity (Wildman–Crippen MR) is 88.2 cm³/mol. The Kier molecular flexibility index (Phi) is 4.02. The van der Waals surface area contributed by atoms with Crippen molar-refractivity contribution in [3.8, 4) is 5.75 Å². The van der Waals surface area contributed by atoms with Gasteiger partial charge in [-0.1, -0.05) is 19.1 Å². The Morgan fingerprint density at radius 1 is 1.22 bits per heavy atom. The summed E-state index contributed by atoms with van der Waals surface area (Å²) in [7, 11) is 1.65. The Bertz CT molecular complexity index is 851. The van der Waals surface area contributed by atoms with Gasteiger partial charge in [0, 0.05) is 13.0 Å². The number of aryl methyl sites for hydroxylation is 1. The molecular weight excluding hydrogens is 292 g/mol. The van der Waals surface area contributed by atoms with E-state index >= 15 is 0 Å². The first-order valence-electron chi connectivity index (χ1n) is 7.47. The number of imidazole rings is 1. The lowest BCUT2D eigenvalue weighted by Gasteiger charge is -2.09. The van der Waals surface area contributed by atoms with E-state index in [0.717, 1.165) is 34.6 Å². The molecule has 0 unspecified atom stereocenters. The van der Waals surface area contributed by atoms with Crippen LogP contribution in [0.25, 0.3) is 11.0 Å². The minimum Gasteiger partial charge on any atom is -0.497 e. The van der Waals surface area contributed by atoms with Crippen LogP contribution in [0.2, 0.25) is 0 Å². The number of carbonyl (C=O) groups is 1. The standard InChI is InChI=1S/C18H18N2O3/c1-3-17-19-15-10-13(18(21)22)6-9-16(15)20(17)11-12-4-7-14(23-2)8-5-12/h4-10H,3,11H2,1-2H3,(H,21,22). The highest BCUT2D eigenvalue weighted by Gasteiger charge is 2.12. The maximum atomic E-state index is 11.1. The molecule has 0 aliphatic rings. The second-order valence-corrected chi connectivity index (χ2v) is 5.32. The van der Waals surface area contributed by atoms with Crippen LogP contribution < -0.4 is 4.74 Å². The summed E-state index contributed by atoms with van der Waals surface area (Å²) in [6, 6.07) is 13.0. The molecule has 118 valence electrons. The van der Waals surface area contributed by atoms with E-state index in [9.17, 15) is 4.79 Å². The molecule has 0 atom stereocenters. The van der Waals surface area contributed by atoms with Crippen molar-refractivity contribution in [2.75, 3.05) is 7.11 Å². The first-order chi connectivity index (χ1) is 11.1. The summed E-state index contributed by atoms with van der Waals surface area (Å²) in [6.07, 6.45) is 0.785. The lowest BCUT2D eigenvalue weighted by molar-refractivity contribution is 0.0697. The summed E-state index contributed by atoms with van der Waals surface area (Å²) >= 11 is 0. The van der Waals surface area contributed by atoms with Crippen LogP contribution in [0.1, 0.15) is 28.7 Å². The molecule has 0 amide bonds. The average Bonchev–Trinajstić information content (AvgIpc) is 2.92. The summed E-state index contributed by atoms with van der Waals surface area (Å²) in [4.78, 5) is 15.7. The molecule has 0 fully saturated rings. The van der Waals surface area contributed by atoms with Gasteiger partial charge in [-0.15, -0.1) is 0 Å². The first kappa shape index (κ1) is 15.1. The number of carboxylic acids is 1. The second-order valence-electron chi connectivity index (χ2n) is 5.32. The molecule has 2 aromatic carbocycles. The Balaban J connectivity index is 2.02. The Hall–Kier alpha value is -2.82. The van der Waals surface area contributed by atoms with Crippen molar-refractivity contribution in [3.63, 3.8) is 0 Å². The zero-order valence-electron chi connectivity index (χ0n) is 13.1. The number of fused-ring (bicyclic) bond motifs is 1. The van der Waals surface area contributed by atoms with Crippen LogP contribution >= 0.6 is 0 Å². The fraction of sp³-hybridized carbons (Fsp3) is 0.222. The molecular formula is C18H18N2O3. The van der Waals surface area contributed by atoms with Gasteiger partial charge in [0.05, 0.1) is 23.7 Å². The molecule has 1 aromatic heterocycles. The number of aromatic nitrogens is 2. The number of rotatable bonds is 5. The van der Waals surface area contributed by atoms with Crippen molar-refractivity contribution >= 4 is 17.0 Å². The summed E-state index contributed by atoms with van der Waals surface area (Å²) in [5.74, 6) is 0.832. The van der Waals surface area contributed by atoms with Gasteiger partial charge >= 0.3 is 5.97 Å². The lowest BCUT2D eigenvalue weighted by Crippen LogP contribution is -2.04. The number of ether oxygens (including phenoxy) is 1. The van der Waals surface area contributed by atoms with Crippen LogP contribution in [0.3, 0.4) is 0 Å². The van der Waals surface area contributed by atoms with Gasteiger partial charge in [0.15, 0.2) is 0 Å². The van der Waals surface area contributed by atoms with Gasteiger partial charge in [0.1, 0.15) is 11.6 Å². The zero-order valence-corrected chi connectivity index (χ0v) is 13.1. The van der Waals surface area contributed by atoms with Gasteiger partial charge in [-0.2, -0.15) is 0 Å². The molecule has 0 radical (unpaired) electrons. The van der Waals surface area contributed by atoms with E-state index in [2.05, 4.69) is 9.55 Å². The van der Waals surface area contributed by atoms with Crippen molar-refractivity contribution in [2.45, 2.75) is 19.9 Å². The second kappa shape index (κ2) is 6.12. The van der Waals surface area contributed by atoms with Gasteiger partial charge in [-0.25, -0.2) is 9.78 Å². The molecule has 3 rings (SSSR count). The number of hydrogen-bond donors (Lipinski definition) is 1. The smallest absolute Gasteiger partial charge is 0.335 e. The van der Waals surface area contributed by atoms with Crippen LogP contribution in [-0.2, 0) is 13.0 Å². The summed E-state index contributed by atoms with van der Waals surface area (Å²) in [5.41, 5.74) is 3.06. The summed E-state index contributed by atoms with van der Waals surface area (Å²) in [5, 5.41) is 9.12. The van der Waals surface area contributed by atoms with E-state index in [1.807, 2.05) is 37.3 Å². The molecule has 1 N–H and O–H groups in total. The minimum absolute atomic E-state index is 0.259. The molecule has 3 aromatic rings. The highest BCUT2D eigenvalue weighted by atomic mass is 16.5.